The van der Waals surface area contributed by atoms with E-state index in [1.165, 1.54) is 0 Å². The highest BCUT2D eigenvalue weighted by atomic mass is 35.5. The van der Waals surface area contributed by atoms with E-state index >= 15 is 0 Å². The minimum absolute atomic E-state index is 0.452. The number of piperazine rings is 1. The van der Waals surface area contributed by atoms with Crippen LogP contribution in [0.15, 0.2) is 12.1 Å². The number of benzene rings is 1. The van der Waals surface area contributed by atoms with Crippen LogP contribution in [-0.4, -0.2) is 44.2 Å². The Hall–Kier alpha value is -0.190. The molecule has 1 fully saturated rings. The van der Waals surface area contributed by atoms with E-state index in [4.69, 9.17) is 39.5 Å². The maximum absolute atomic E-state index is 6.04. The summed E-state index contributed by atoms with van der Waals surface area (Å²) in [6.45, 7) is 5.60. The molecular weight excluding hydrogens is 295 g/mol. The van der Waals surface area contributed by atoms with Gasteiger partial charge in [-0.15, -0.1) is 0 Å². The normalized spacial score (nSPS) is 16.8. The fraction of sp³-hybridized carbons (Fsp3) is 0.500. The van der Waals surface area contributed by atoms with Gasteiger partial charge in [0.25, 0.3) is 0 Å². The molecule has 2 rings (SSSR count). The lowest BCUT2D eigenvalue weighted by Gasteiger charge is -2.27. The topological polar surface area (TPSA) is 24.5 Å². The Morgan fingerprint density at radius 1 is 1.11 bits per heavy atom. The second-order valence-corrected chi connectivity index (χ2v) is 5.39. The first kappa shape index (κ1) is 14.2. The largest absolute Gasteiger partial charge is 0.489 e. The molecule has 0 bridgehead atoms. The van der Waals surface area contributed by atoms with E-state index in [2.05, 4.69) is 10.2 Å². The van der Waals surface area contributed by atoms with Crippen LogP contribution in [0.3, 0.4) is 0 Å². The number of nitrogens with zero attached hydrogens (tertiary/aromatic N) is 1. The van der Waals surface area contributed by atoms with Crippen molar-refractivity contribution in [3.63, 3.8) is 0 Å². The third-order valence-electron chi connectivity index (χ3n) is 2.83. The minimum Gasteiger partial charge on any atom is -0.489 e. The molecule has 0 aliphatic carbocycles. The number of hydrogen-bond acceptors (Lipinski definition) is 3. The number of hydrogen-bond donors (Lipinski definition) is 1. The van der Waals surface area contributed by atoms with Crippen molar-refractivity contribution in [3.05, 3.63) is 27.2 Å². The van der Waals surface area contributed by atoms with Crippen molar-refractivity contribution in [3.8, 4) is 5.75 Å². The monoisotopic (exact) mass is 308 g/mol. The van der Waals surface area contributed by atoms with Crippen LogP contribution in [0, 0.1) is 0 Å². The van der Waals surface area contributed by atoms with Crippen molar-refractivity contribution in [2.24, 2.45) is 0 Å². The highest BCUT2D eigenvalue weighted by molar-refractivity contribution is 6.40. The van der Waals surface area contributed by atoms with Gasteiger partial charge in [0.05, 0.1) is 10.0 Å². The summed E-state index contributed by atoms with van der Waals surface area (Å²) in [6, 6.07) is 3.27. The van der Waals surface area contributed by atoms with Crippen molar-refractivity contribution >= 4 is 34.8 Å². The van der Waals surface area contributed by atoms with Crippen molar-refractivity contribution in [1.29, 1.82) is 0 Å². The van der Waals surface area contributed by atoms with Crippen molar-refractivity contribution < 1.29 is 4.74 Å². The van der Waals surface area contributed by atoms with E-state index in [0.29, 0.717) is 27.4 Å². The van der Waals surface area contributed by atoms with Gasteiger partial charge in [-0.3, -0.25) is 4.90 Å². The Kier molecular flexibility index (Phi) is 5.39. The summed E-state index contributed by atoms with van der Waals surface area (Å²) in [5, 5.41) is 4.72. The van der Waals surface area contributed by atoms with E-state index in [1.807, 2.05) is 0 Å². The van der Waals surface area contributed by atoms with Crippen LogP contribution in [-0.2, 0) is 0 Å². The average molecular weight is 310 g/mol. The van der Waals surface area contributed by atoms with Gasteiger partial charge in [-0.1, -0.05) is 34.8 Å². The Morgan fingerprint density at radius 3 is 2.33 bits per heavy atom. The van der Waals surface area contributed by atoms with Gasteiger partial charge in [0.2, 0.25) is 0 Å². The van der Waals surface area contributed by atoms with Gasteiger partial charge in [-0.2, -0.15) is 0 Å². The molecule has 100 valence electrons. The summed E-state index contributed by atoms with van der Waals surface area (Å²) in [6.07, 6.45) is 0. The molecule has 1 aromatic carbocycles. The molecule has 0 unspecified atom stereocenters. The van der Waals surface area contributed by atoms with E-state index in [1.54, 1.807) is 12.1 Å². The molecule has 1 aromatic rings. The smallest absolute Gasteiger partial charge is 0.156 e. The van der Waals surface area contributed by atoms with E-state index in [9.17, 15) is 0 Å². The average Bonchev–Trinajstić information content (AvgIpc) is 2.34. The zero-order valence-corrected chi connectivity index (χ0v) is 12.2. The molecule has 0 aromatic heterocycles. The van der Waals surface area contributed by atoms with Gasteiger partial charge in [0, 0.05) is 37.7 Å². The summed E-state index contributed by atoms with van der Waals surface area (Å²) in [5.41, 5.74) is 0. The van der Waals surface area contributed by atoms with Crippen LogP contribution < -0.4 is 10.1 Å². The first-order valence-electron chi connectivity index (χ1n) is 5.87. The molecule has 1 N–H and O–H groups in total. The van der Waals surface area contributed by atoms with Crippen LogP contribution in [0.4, 0.5) is 0 Å². The van der Waals surface area contributed by atoms with Gasteiger partial charge < -0.3 is 10.1 Å². The molecular formula is C12H15Cl3N2O. The highest BCUT2D eigenvalue weighted by Crippen LogP contribution is 2.35. The Bertz CT molecular complexity index is 385. The Labute approximate surface area is 122 Å². The molecule has 0 amide bonds. The van der Waals surface area contributed by atoms with Crippen LogP contribution in [0.25, 0.3) is 0 Å². The first-order valence-corrected chi connectivity index (χ1v) is 7.00. The molecule has 1 aliphatic heterocycles. The van der Waals surface area contributed by atoms with Gasteiger partial charge in [-0.05, 0) is 12.1 Å². The zero-order valence-electron chi connectivity index (χ0n) is 9.89. The standard InChI is InChI=1S/C12H15Cl3N2O/c13-9-7-10(14)12(11(15)8-9)18-6-5-17-3-1-16-2-4-17/h7-8,16H,1-6H2. The minimum atomic E-state index is 0.452. The number of rotatable bonds is 4. The van der Waals surface area contributed by atoms with Crippen molar-refractivity contribution in [1.82, 2.24) is 10.2 Å². The van der Waals surface area contributed by atoms with Gasteiger partial charge in [0.15, 0.2) is 5.75 Å². The summed E-state index contributed by atoms with van der Waals surface area (Å²) < 4.78 is 5.64. The SMILES string of the molecule is Clc1cc(Cl)c(OCCN2CCNCC2)c(Cl)c1. The fourth-order valence-corrected chi connectivity index (χ4v) is 2.80. The molecule has 3 nitrogen and oxygen atoms in total. The molecule has 0 saturated carbocycles. The van der Waals surface area contributed by atoms with Crippen LogP contribution in [0.1, 0.15) is 0 Å². The molecule has 1 aliphatic rings. The lowest BCUT2D eigenvalue weighted by atomic mass is 10.3. The quantitative estimate of drug-likeness (QED) is 0.925. The zero-order chi connectivity index (χ0) is 13.0. The van der Waals surface area contributed by atoms with Crippen LogP contribution in [0.5, 0.6) is 5.75 Å². The number of ether oxygens (including phenoxy) is 1. The van der Waals surface area contributed by atoms with Crippen LogP contribution in [0.2, 0.25) is 15.1 Å². The Balaban J connectivity index is 1.86. The highest BCUT2D eigenvalue weighted by Gasteiger charge is 2.12. The van der Waals surface area contributed by atoms with Crippen molar-refractivity contribution in [2.45, 2.75) is 0 Å². The van der Waals surface area contributed by atoms with E-state index < -0.39 is 0 Å². The fourth-order valence-electron chi connectivity index (χ4n) is 1.88. The van der Waals surface area contributed by atoms with Crippen LogP contribution >= 0.6 is 34.8 Å². The first-order chi connectivity index (χ1) is 8.66. The third kappa shape index (κ3) is 3.90. The molecule has 0 spiro atoms. The maximum Gasteiger partial charge on any atom is 0.156 e. The van der Waals surface area contributed by atoms with E-state index in [-0.39, 0.29) is 0 Å². The molecule has 1 heterocycles. The molecule has 18 heavy (non-hydrogen) atoms. The Morgan fingerprint density at radius 2 is 1.72 bits per heavy atom. The van der Waals surface area contributed by atoms with Gasteiger partial charge in [-0.25, -0.2) is 0 Å². The maximum atomic E-state index is 6.04. The third-order valence-corrected chi connectivity index (χ3v) is 3.61. The summed E-state index contributed by atoms with van der Waals surface area (Å²) in [4.78, 5) is 2.34. The second-order valence-electron chi connectivity index (χ2n) is 4.14. The predicted molar refractivity (Wildman–Crippen MR) is 76.3 cm³/mol. The van der Waals surface area contributed by atoms with Crippen molar-refractivity contribution in [2.75, 3.05) is 39.3 Å². The molecule has 0 atom stereocenters. The summed E-state index contributed by atoms with van der Waals surface area (Å²) >= 11 is 17.9. The summed E-state index contributed by atoms with van der Waals surface area (Å²) in [7, 11) is 0. The van der Waals surface area contributed by atoms with Gasteiger partial charge in [0.1, 0.15) is 6.61 Å². The van der Waals surface area contributed by atoms with E-state index in [0.717, 1.165) is 32.7 Å². The number of halogens is 3. The summed E-state index contributed by atoms with van der Waals surface area (Å²) in [5.74, 6) is 0.512. The lowest BCUT2D eigenvalue weighted by Crippen LogP contribution is -2.44. The second kappa shape index (κ2) is 6.83. The molecule has 1 saturated heterocycles. The molecule has 0 radical (unpaired) electrons. The molecule has 6 heteroatoms. The number of nitrogens with one attached hydrogen (secondary N) is 1. The van der Waals surface area contributed by atoms with Gasteiger partial charge >= 0.3 is 0 Å². The lowest BCUT2D eigenvalue weighted by molar-refractivity contribution is 0.191. The predicted octanol–water partition coefficient (Wildman–Crippen LogP) is 2.93.